The third kappa shape index (κ3) is 7.85. The molecule has 0 aliphatic rings. The Bertz CT molecular complexity index is 1360. The van der Waals surface area contributed by atoms with Crippen LogP contribution < -0.4 is 14.4 Å². The van der Waals surface area contributed by atoms with Crippen LogP contribution in [0.4, 0.5) is 5.69 Å². The van der Waals surface area contributed by atoms with Crippen molar-refractivity contribution in [2.75, 3.05) is 17.5 Å². The molecule has 3 aromatic carbocycles. The number of hydrogen-bond donors (Lipinski definition) is 1. The maximum absolute atomic E-state index is 13.9. The van der Waals surface area contributed by atoms with E-state index in [1.165, 1.54) is 17.0 Å². The molecule has 1 N–H and O–H groups in total. The summed E-state index contributed by atoms with van der Waals surface area (Å²) in [6, 6.07) is 21.4. The van der Waals surface area contributed by atoms with Crippen LogP contribution in [0.15, 0.2) is 83.8 Å². The van der Waals surface area contributed by atoms with Crippen LogP contribution in [-0.2, 0) is 26.2 Å². The Morgan fingerprint density at radius 2 is 1.52 bits per heavy atom. The number of sulfonamides is 1. The van der Waals surface area contributed by atoms with Gasteiger partial charge in [0.2, 0.25) is 11.8 Å². The van der Waals surface area contributed by atoms with Crippen molar-refractivity contribution in [2.24, 2.45) is 0 Å². The Balaban J connectivity index is 1.98. The van der Waals surface area contributed by atoms with Crippen molar-refractivity contribution in [1.29, 1.82) is 0 Å². The third-order valence-electron chi connectivity index (χ3n) is 6.69. The highest BCUT2D eigenvalue weighted by Crippen LogP contribution is 2.26. The van der Waals surface area contributed by atoms with Crippen molar-refractivity contribution in [2.45, 2.75) is 64.6 Å². The number of para-hydroxylation sites is 1. The van der Waals surface area contributed by atoms with Gasteiger partial charge in [-0.3, -0.25) is 13.9 Å². The molecule has 0 heterocycles. The molecule has 2 unspecified atom stereocenters. The van der Waals surface area contributed by atoms with Gasteiger partial charge in [0, 0.05) is 12.6 Å². The van der Waals surface area contributed by atoms with Crippen LogP contribution in [0.3, 0.4) is 0 Å². The van der Waals surface area contributed by atoms with E-state index in [-0.39, 0.29) is 23.4 Å². The predicted molar refractivity (Wildman–Crippen MR) is 158 cm³/mol. The van der Waals surface area contributed by atoms with Crippen LogP contribution in [0, 0.1) is 6.92 Å². The fraction of sp³-hybridized carbons (Fsp3) is 0.355. The quantitative estimate of drug-likeness (QED) is 0.317. The second-order valence-electron chi connectivity index (χ2n) is 9.75. The molecule has 0 saturated carbocycles. The van der Waals surface area contributed by atoms with Gasteiger partial charge in [-0.1, -0.05) is 55.0 Å². The zero-order valence-corrected chi connectivity index (χ0v) is 24.6. The summed E-state index contributed by atoms with van der Waals surface area (Å²) in [5.74, 6) is -0.240. The molecule has 0 bridgehead atoms. The number of anilines is 1. The van der Waals surface area contributed by atoms with Gasteiger partial charge in [0.15, 0.2) is 0 Å². The highest BCUT2D eigenvalue weighted by Gasteiger charge is 2.32. The van der Waals surface area contributed by atoms with Crippen LogP contribution >= 0.6 is 0 Å². The number of hydrogen-bond acceptors (Lipinski definition) is 5. The number of carbonyl (C=O) groups excluding carboxylic acids is 2. The fourth-order valence-electron chi connectivity index (χ4n) is 4.06. The fourth-order valence-corrected chi connectivity index (χ4v) is 5.48. The zero-order chi connectivity index (χ0) is 29.3. The molecule has 214 valence electrons. The van der Waals surface area contributed by atoms with Crippen molar-refractivity contribution < 1.29 is 22.7 Å². The highest BCUT2D eigenvalue weighted by molar-refractivity contribution is 7.92. The van der Waals surface area contributed by atoms with E-state index in [2.05, 4.69) is 5.32 Å². The van der Waals surface area contributed by atoms with Crippen molar-refractivity contribution in [3.8, 4) is 5.75 Å². The standard InChI is InChI=1S/C31H39N3O5S/c1-6-24(4)32-31(36)25(5)33(21-26-15-13-23(3)14-16-26)30(35)22-34(27-11-9-8-10-12-27)40(37,38)29-19-17-28(18-20-29)39-7-2/h8-20,24-25H,6-7,21-22H2,1-5H3,(H,32,36). The van der Waals surface area contributed by atoms with Gasteiger partial charge in [0.05, 0.1) is 17.2 Å². The van der Waals surface area contributed by atoms with Gasteiger partial charge < -0.3 is 15.0 Å². The molecule has 3 aromatic rings. The lowest BCUT2D eigenvalue weighted by Gasteiger charge is -2.32. The summed E-state index contributed by atoms with van der Waals surface area (Å²) in [7, 11) is -4.13. The van der Waals surface area contributed by atoms with Gasteiger partial charge in [-0.15, -0.1) is 0 Å². The molecule has 0 spiro atoms. The summed E-state index contributed by atoms with van der Waals surface area (Å²) >= 11 is 0. The Morgan fingerprint density at radius 1 is 0.900 bits per heavy atom. The van der Waals surface area contributed by atoms with E-state index in [1.807, 2.05) is 52.0 Å². The van der Waals surface area contributed by atoms with Gasteiger partial charge in [0.1, 0.15) is 18.3 Å². The van der Waals surface area contributed by atoms with Gasteiger partial charge in [-0.2, -0.15) is 0 Å². The predicted octanol–water partition coefficient (Wildman–Crippen LogP) is 4.92. The molecule has 0 aliphatic carbocycles. The monoisotopic (exact) mass is 565 g/mol. The molecule has 2 amide bonds. The van der Waals surface area contributed by atoms with E-state index < -0.39 is 28.5 Å². The first-order chi connectivity index (χ1) is 19.1. The molecular formula is C31H39N3O5S. The zero-order valence-electron chi connectivity index (χ0n) is 23.8. The Hall–Kier alpha value is -3.85. The maximum Gasteiger partial charge on any atom is 0.264 e. The molecule has 3 rings (SSSR count). The molecule has 9 heteroatoms. The third-order valence-corrected chi connectivity index (χ3v) is 8.48. The minimum absolute atomic E-state index is 0.0280. The molecule has 0 fully saturated rings. The largest absolute Gasteiger partial charge is 0.494 e. The average Bonchev–Trinajstić information content (AvgIpc) is 2.95. The average molecular weight is 566 g/mol. The van der Waals surface area contributed by atoms with Crippen LogP contribution in [0.5, 0.6) is 5.75 Å². The number of benzene rings is 3. The molecule has 0 aromatic heterocycles. The molecule has 0 aliphatic heterocycles. The molecule has 0 saturated heterocycles. The van der Waals surface area contributed by atoms with E-state index >= 15 is 0 Å². The van der Waals surface area contributed by atoms with Gasteiger partial charge in [0.25, 0.3) is 10.0 Å². The van der Waals surface area contributed by atoms with Crippen molar-refractivity contribution in [3.63, 3.8) is 0 Å². The molecule has 0 radical (unpaired) electrons. The second-order valence-corrected chi connectivity index (χ2v) is 11.6. The summed E-state index contributed by atoms with van der Waals surface area (Å²) in [6.07, 6.45) is 0.743. The number of nitrogens with one attached hydrogen (secondary N) is 1. The van der Waals surface area contributed by atoms with Gasteiger partial charge >= 0.3 is 0 Å². The van der Waals surface area contributed by atoms with Crippen LogP contribution in [0.2, 0.25) is 0 Å². The Labute approximate surface area is 238 Å². The first-order valence-electron chi connectivity index (χ1n) is 13.5. The highest BCUT2D eigenvalue weighted by atomic mass is 32.2. The molecule has 2 atom stereocenters. The van der Waals surface area contributed by atoms with Crippen molar-refractivity contribution in [1.82, 2.24) is 10.2 Å². The SMILES string of the molecule is CCOc1ccc(S(=O)(=O)N(CC(=O)N(Cc2ccc(C)cc2)C(C)C(=O)NC(C)CC)c2ccccc2)cc1. The number of nitrogens with zero attached hydrogens (tertiary/aromatic N) is 2. The first kappa shape index (κ1) is 30.7. The number of ether oxygens (including phenoxy) is 1. The lowest BCUT2D eigenvalue weighted by molar-refractivity contribution is -0.139. The van der Waals surface area contributed by atoms with E-state index in [9.17, 15) is 18.0 Å². The molecule has 40 heavy (non-hydrogen) atoms. The lowest BCUT2D eigenvalue weighted by atomic mass is 10.1. The smallest absolute Gasteiger partial charge is 0.264 e. The summed E-state index contributed by atoms with van der Waals surface area (Å²) in [6.45, 7) is 9.48. The number of amides is 2. The number of carbonyl (C=O) groups is 2. The Morgan fingerprint density at radius 3 is 2.10 bits per heavy atom. The summed E-state index contributed by atoms with van der Waals surface area (Å²) in [5.41, 5.74) is 2.25. The van der Waals surface area contributed by atoms with Crippen LogP contribution in [0.25, 0.3) is 0 Å². The van der Waals surface area contributed by atoms with E-state index in [1.54, 1.807) is 49.4 Å². The minimum Gasteiger partial charge on any atom is -0.494 e. The number of aryl methyl sites for hydroxylation is 1. The first-order valence-corrected chi connectivity index (χ1v) is 15.0. The topological polar surface area (TPSA) is 96.0 Å². The minimum atomic E-state index is -4.13. The van der Waals surface area contributed by atoms with Gasteiger partial charge in [-0.25, -0.2) is 8.42 Å². The van der Waals surface area contributed by atoms with E-state index in [4.69, 9.17) is 4.74 Å². The van der Waals surface area contributed by atoms with Gasteiger partial charge in [-0.05, 0) is 76.1 Å². The Kier molecular flexibility index (Phi) is 10.7. The van der Waals surface area contributed by atoms with Crippen molar-refractivity contribution in [3.05, 3.63) is 90.0 Å². The number of rotatable bonds is 13. The molecule has 8 nitrogen and oxygen atoms in total. The summed E-state index contributed by atoms with van der Waals surface area (Å²) < 4.78 is 34.3. The van der Waals surface area contributed by atoms with Crippen LogP contribution in [-0.4, -0.2) is 50.4 Å². The normalized spacial score (nSPS) is 12.7. The summed E-state index contributed by atoms with van der Waals surface area (Å²) in [4.78, 5) is 28.5. The lowest BCUT2D eigenvalue weighted by Crippen LogP contribution is -2.52. The van der Waals surface area contributed by atoms with E-state index in [0.717, 1.165) is 21.9 Å². The van der Waals surface area contributed by atoms with Crippen LogP contribution in [0.1, 0.15) is 45.2 Å². The van der Waals surface area contributed by atoms with E-state index in [0.29, 0.717) is 18.0 Å². The summed E-state index contributed by atoms with van der Waals surface area (Å²) in [5, 5.41) is 2.94. The van der Waals surface area contributed by atoms with Crippen molar-refractivity contribution >= 4 is 27.5 Å². The maximum atomic E-state index is 13.9. The molecular weight excluding hydrogens is 526 g/mol. The second kappa shape index (κ2) is 14.0.